The molecule has 0 heterocycles. The van der Waals surface area contributed by atoms with E-state index in [1.54, 1.807) is 45.0 Å². The molecule has 0 aliphatic heterocycles. The highest BCUT2D eigenvalue weighted by molar-refractivity contribution is 6.74. The zero-order chi connectivity index (χ0) is 29.5. The Balaban J connectivity index is 2.51. The number of rotatable bonds is 11. The maximum absolute atomic E-state index is 13.1. The SMILES string of the molecule is CC(C)(C)OC(=O)N[C@](Cc1ccc(C#N)cc1)(C[C@H](CCc1ccccc1)O[Si](C)(C)C(C)(C)C)C(=O)O. The first-order valence-corrected chi connectivity index (χ1v) is 16.3. The van der Waals surface area contributed by atoms with Gasteiger partial charge >= 0.3 is 12.1 Å². The first-order chi connectivity index (χ1) is 18.0. The van der Waals surface area contributed by atoms with Gasteiger partial charge in [-0.3, -0.25) is 0 Å². The fourth-order valence-electron chi connectivity index (χ4n) is 4.09. The van der Waals surface area contributed by atoms with Gasteiger partial charge in [-0.2, -0.15) is 5.26 Å². The van der Waals surface area contributed by atoms with E-state index in [0.717, 1.165) is 5.56 Å². The van der Waals surface area contributed by atoms with Gasteiger partial charge in [-0.1, -0.05) is 63.2 Å². The molecule has 0 saturated heterocycles. The van der Waals surface area contributed by atoms with Crippen LogP contribution in [0.2, 0.25) is 18.1 Å². The van der Waals surface area contributed by atoms with Gasteiger partial charge in [0.05, 0.1) is 11.6 Å². The number of nitriles is 1. The zero-order valence-electron chi connectivity index (χ0n) is 24.6. The van der Waals surface area contributed by atoms with Crippen LogP contribution >= 0.6 is 0 Å². The molecule has 39 heavy (non-hydrogen) atoms. The van der Waals surface area contributed by atoms with E-state index in [2.05, 4.69) is 45.3 Å². The van der Waals surface area contributed by atoms with Crippen LogP contribution in [-0.2, 0) is 26.8 Å². The lowest BCUT2D eigenvalue weighted by Crippen LogP contribution is -2.59. The molecule has 0 radical (unpaired) electrons. The van der Waals surface area contributed by atoms with Crippen molar-refractivity contribution in [2.45, 2.75) is 103 Å². The molecule has 7 nitrogen and oxygen atoms in total. The monoisotopic (exact) mass is 552 g/mol. The fraction of sp³-hybridized carbons (Fsp3) is 0.516. The smallest absolute Gasteiger partial charge is 0.408 e. The lowest BCUT2D eigenvalue weighted by atomic mass is 9.84. The number of amides is 1. The quantitative estimate of drug-likeness (QED) is 0.295. The van der Waals surface area contributed by atoms with Gasteiger partial charge in [-0.25, -0.2) is 9.59 Å². The minimum atomic E-state index is -2.30. The number of alkyl carbamates (subject to hydrolysis) is 1. The summed E-state index contributed by atoms with van der Waals surface area (Å²) in [7, 11) is -2.30. The van der Waals surface area contributed by atoms with Gasteiger partial charge in [-0.15, -0.1) is 0 Å². The van der Waals surface area contributed by atoms with Gasteiger partial charge in [0.25, 0.3) is 0 Å². The highest BCUT2D eigenvalue weighted by Gasteiger charge is 2.46. The predicted octanol–water partition coefficient (Wildman–Crippen LogP) is 6.86. The summed E-state index contributed by atoms with van der Waals surface area (Å²) in [6.45, 7) is 15.9. The fourth-order valence-corrected chi connectivity index (χ4v) is 5.47. The molecular weight excluding hydrogens is 508 g/mol. The third kappa shape index (κ3) is 9.83. The van der Waals surface area contributed by atoms with E-state index in [0.29, 0.717) is 24.0 Å². The Hall–Kier alpha value is -3.15. The van der Waals surface area contributed by atoms with E-state index < -0.39 is 37.6 Å². The molecule has 2 rings (SSSR count). The van der Waals surface area contributed by atoms with Crippen molar-refractivity contribution in [3.05, 3.63) is 71.3 Å². The Morgan fingerprint density at radius 1 is 0.974 bits per heavy atom. The van der Waals surface area contributed by atoms with Crippen LogP contribution < -0.4 is 5.32 Å². The van der Waals surface area contributed by atoms with Crippen LogP contribution in [0.15, 0.2) is 54.6 Å². The number of ether oxygens (including phenoxy) is 1. The number of hydrogen-bond donors (Lipinski definition) is 2. The largest absolute Gasteiger partial charge is 0.479 e. The molecule has 2 aromatic carbocycles. The summed E-state index contributed by atoms with van der Waals surface area (Å²) in [6, 6.07) is 18.8. The van der Waals surface area contributed by atoms with E-state index in [-0.39, 0.29) is 17.9 Å². The average molecular weight is 553 g/mol. The summed E-state index contributed by atoms with van der Waals surface area (Å²) in [5.74, 6) is -1.17. The Bertz CT molecular complexity index is 1140. The summed E-state index contributed by atoms with van der Waals surface area (Å²) in [5, 5.41) is 22.5. The van der Waals surface area contributed by atoms with Gasteiger partial charge in [0.2, 0.25) is 0 Å². The normalized spacial score (nSPS) is 14.5. The van der Waals surface area contributed by atoms with Gasteiger partial charge in [0.1, 0.15) is 11.1 Å². The van der Waals surface area contributed by atoms with Crippen LogP contribution in [0.3, 0.4) is 0 Å². The number of carboxylic acids is 1. The Kier molecular flexibility index (Phi) is 10.5. The molecule has 0 aliphatic rings. The molecule has 0 aliphatic carbocycles. The number of aliphatic carboxylic acids is 1. The maximum atomic E-state index is 13.1. The van der Waals surface area contributed by atoms with E-state index in [4.69, 9.17) is 9.16 Å². The second-order valence-electron chi connectivity index (χ2n) is 12.7. The summed E-state index contributed by atoms with van der Waals surface area (Å²) < 4.78 is 12.3. The molecule has 8 heteroatoms. The number of hydrogen-bond acceptors (Lipinski definition) is 5. The summed E-state index contributed by atoms with van der Waals surface area (Å²) in [4.78, 5) is 26.1. The van der Waals surface area contributed by atoms with Crippen molar-refractivity contribution in [3.8, 4) is 6.07 Å². The lowest BCUT2D eigenvalue weighted by molar-refractivity contribution is -0.146. The molecule has 2 N–H and O–H groups in total. The summed E-state index contributed by atoms with van der Waals surface area (Å²) in [5.41, 5.74) is -0.203. The second kappa shape index (κ2) is 12.8. The number of nitrogens with zero attached hydrogens (tertiary/aromatic N) is 1. The Morgan fingerprint density at radius 2 is 1.56 bits per heavy atom. The highest BCUT2D eigenvalue weighted by atomic mass is 28.4. The highest BCUT2D eigenvalue weighted by Crippen LogP contribution is 2.39. The van der Waals surface area contributed by atoms with Crippen LogP contribution in [0, 0.1) is 11.3 Å². The van der Waals surface area contributed by atoms with Crippen molar-refractivity contribution in [3.63, 3.8) is 0 Å². The summed E-state index contributed by atoms with van der Waals surface area (Å²) >= 11 is 0. The molecule has 1 amide bonds. The van der Waals surface area contributed by atoms with E-state index in [1.165, 1.54) is 0 Å². The van der Waals surface area contributed by atoms with Crippen molar-refractivity contribution in [2.24, 2.45) is 0 Å². The van der Waals surface area contributed by atoms with Crippen LogP contribution in [-0.4, -0.2) is 42.7 Å². The third-order valence-electron chi connectivity index (χ3n) is 7.18. The topological polar surface area (TPSA) is 109 Å². The van der Waals surface area contributed by atoms with Crippen molar-refractivity contribution >= 4 is 20.4 Å². The average Bonchev–Trinajstić information content (AvgIpc) is 2.81. The van der Waals surface area contributed by atoms with E-state index in [9.17, 15) is 20.0 Å². The first-order valence-electron chi connectivity index (χ1n) is 13.4. The number of aryl methyl sites for hydroxylation is 1. The Morgan fingerprint density at radius 3 is 2.05 bits per heavy atom. The second-order valence-corrected chi connectivity index (χ2v) is 17.5. The van der Waals surface area contributed by atoms with Crippen LogP contribution in [0.1, 0.15) is 71.1 Å². The molecule has 2 atom stereocenters. The minimum absolute atomic E-state index is 0.00990. The van der Waals surface area contributed by atoms with Crippen molar-refractivity contribution in [2.75, 3.05) is 0 Å². The molecule has 0 spiro atoms. The van der Waals surface area contributed by atoms with Gasteiger partial charge < -0.3 is 19.6 Å². The molecule has 0 saturated carbocycles. The lowest BCUT2D eigenvalue weighted by Gasteiger charge is -2.42. The minimum Gasteiger partial charge on any atom is -0.479 e. The number of carbonyl (C=O) groups excluding carboxylic acids is 1. The van der Waals surface area contributed by atoms with Crippen molar-refractivity contribution in [1.82, 2.24) is 5.32 Å². The standard InChI is InChI=1S/C31H44N2O5Si/c1-29(2,3)37-28(36)33-31(27(34)35,20-24-14-16-25(22-32)17-15-24)21-26(38-39(7,8)30(4,5)6)19-18-23-12-10-9-11-13-23/h9-17,26H,18-21H2,1-8H3,(H,33,36)(H,34,35)/t26-,31+/m0/s1. The number of carbonyl (C=O) groups is 2. The number of nitrogens with one attached hydrogen (secondary N) is 1. The van der Waals surface area contributed by atoms with Gasteiger partial charge in [0, 0.05) is 18.9 Å². The van der Waals surface area contributed by atoms with Crippen LogP contribution in [0.5, 0.6) is 0 Å². The Labute approximate surface area is 234 Å². The molecule has 2 aromatic rings. The molecule has 0 unspecified atom stereocenters. The maximum Gasteiger partial charge on any atom is 0.408 e. The van der Waals surface area contributed by atoms with Gasteiger partial charge in [0.15, 0.2) is 8.32 Å². The van der Waals surface area contributed by atoms with Crippen LogP contribution in [0.25, 0.3) is 0 Å². The molecule has 0 fully saturated rings. The first kappa shape index (κ1) is 32.1. The molecule has 212 valence electrons. The number of benzene rings is 2. The predicted molar refractivity (Wildman–Crippen MR) is 156 cm³/mol. The van der Waals surface area contributed by atoms with E-state index in [1.807, 2.05) is 30.3 Å². The van der Waals surface area contributed by atoms with Crippen LogP contribution in [0.4, 0.5) is 4.79 Å². The molecule has 0 aromatic heterocycles. The summed E-state index contributed by atoms with van der Waals surface area (Å²) in [6.07, 6.45) is 0.133. The molecule has 0 bridgehead atoms. The zero-order valence-corrected chi connectivity index (χ0v) is 25.6. The van der Waals surface area contributed by atoms with Crippen molar-refractivity contribution in [1.29, 1.82) is 5.26 Å². The molecular formula is C31H44N2O5Si. The van der Waals surface area contributed by atoms with Crippen molar-refractivity contribution < 1.29 is 23.9 Å². The third-order valence-corrected chi connectivity index (χ3v) is 11.7. The number of carboxylic acid groups (broad SMARTS) is 1. The van der Waals surface area contributed by atoms with Gasteiger partial charge in [-0.05, 0) is 75.0 Å². The van der Waals surface area contributed by atoms with E-state index >= 15 is 0 Å².